The van der Waals surface area contributed by atoms with Gasteiger partial charge in [-0.25, -0.2) is 0 Å². The van der Waals surface area contributed by atoms with Gasteiger partial charge in [-0.2, -0.15) is 13.2 Å². The number of fused-ring (bicyclic) bond motifs is 1. The molecular formula is C25H20F3N3O2. The topological polar surface area (TPSA) is 64.0 Å². The van der Waals surface area contributed by atoms with Crippen LogP contribution in [-0.2, 0) is 13.2 Å². The molecule has 0 atom stereocenters. The van der Waals surface area contributed by atoms with Crippen molar-refractivity contribution in [3.63, 3.8) is 0 Å². The minimum atomic E-state index is -4.54. The molecule has 0 aliphatic carbocycles. The van der Waals surface area contributed by atoms with Gasteiger partial charge in [0.25, 0.3) is 11.5 Å². The van der Waals surface area contributed by atoms with E-state index in [4.69, 9.17) is 0 Å². The van der Waals surface area contributed by atoms with E-state index in [-0.39, 0.29) is 11.1 Å². The lowest BCUT2D eigenvalue weighted by atomic mass is 9.99. The molecule has 0 radical (unpaired) electrons. The number of anilines is 1. The first kappa shape index (κ1) is 22.3. The molecule has 0 saturated heterocycles. The van der Waals surface area contributed by atoms with E-state index in [2.05, 4.69) is 10.3 Å². The number of aromatic nitrogens is 2. The second kappa shape index (κ2) is 8.20. The third-order valence-electron chi connectivity index (χ3n) is 5.48. The van der Waals surface area contributed by atoms with Gasteiger partial charge < -0.3 is 9.88 Å². The van der Waals surface area contributed by atoms with Crippen LogP contribution in [-0.4, -0.2) is 15.5 Å². The lowest BCUT2D eigenvalue weighted by Gasteiger charge is -2.13. The summed E-state index contributed by atoms with van der Waals surface area (Å²) in [4.78, 5) is 30.0. The lowest BCUT2D eigenvalue weighted by molar-refractivity contribution is -0.137. The van der Waals surface area contributed by atoms with Gasteiger partial charge in [-0.3, -0.25) is 14.6 Å². The maximum absolute atomic E-state index is 13.1. The van der Waals surface area contributed by atoms with Gasteiger partial charge in [0.15, 0.2) is 0 Å². The Kier molecular flexibility index (Phi) is 5.53. The largest absolute Gasteiger partial charge is 0.416 e. The molecule has 2 heterocycles. The maximum atomic E-state index is 13.1. The summed E-state index contributed by atoms with van der Waals surface area (Å²) >= 11 is 0. The summed E-state index contributed by atoms with van der Waals surface area (Å²) in [5.41, 5.74) is 2.54. The molecule has 2 aromatic heterocycles. The number of nitrogens with zero attached hydrogens (tertiary/aromatic N) is 2. The quantitative estimate of drug-likeness (QED) is 0.448. The van der Waals surface area contributed by atoms with Crippen LogP contribution in [0.25, 0.3) is 22.0 Å². The summed E-state index contributed by atoms with van der Waals surface area (Å²) in [5.74, 6) is -0.679. The van der Waals surface area contributed by atoms with Crippen molar-refractivity contribution in [2.75, 3.05) is 5.32 Å². The summed E-state index contributed by atoms with van der Waals surface area (Å²) in [6, 6.07) is 12.8. The van der Waals surface area contributed by atoms with Gasteiger partial charge in [0.1, 0.15) is 0 Å². The summed E-state index contributed by atoms with van der Waals surface area (Å²) in [6.45, 7) is 3.68. The Morgan fingerprint density at radius 2 is 1.76 bits per heavy atom. The number of carbonyl (C=O) groups excluding carboxylic acids is 1. The fraction of sp³-hybridized carbons (Fsp3) is 0.160. The Hall–Kier alpha value is -3.94. The van der Waals surface area contributed by atoms with Crippen LogP contribution in [0.4, 0.5) is 18.9 Å². The van der Waals surface area contributed by atoms with Gasteiger partial charge in [-0.05, 0) is 67.4 Å². The number of alkyl halides is 3. The Balaban J connectivity index is 1.73. The van der Waals surface area contributed by atoms with E-state index in [9.17, 15) is 22.8 Å². The number of carbonyl (C=O) groups is 1. The zero-order chi connectivity index (χ0) is 23.9. The standard InChI is InChI=1S/C25H20F3N3O2/c1-14-7-8-19(30-23(32)16-5-4-6-18(10-16)25(26,27)28)12-20(14)21-11-17-13-29-15(2)9-22(17)31(3)24(21)33/h4-13H,1-3H3,(H,30,32). The molecule has 1 N–H and O–H groups in total. The van der Waals surface area contributed by atoms with Crippen molar-refractivity contribution in [1.29, 1.82) is 0 Å². The molecule has 4 rings (SSSR count). The number of aryl methyl sites for hydroxylation is 3. The fourth-order valence-electron chi connectivity index (χ4n) is 3.69. The van der Waals surface area contributed by atoms with E-state index in [1.807, 2.05) is 19.9 Å². The second-order valence-electron chi connectivity index (χ2n) is 7.87. The molecule has 0 bridgehead atoms. The highest BCUT2D eigenvalue weighted by Crippen LogP contribution is 2.30. The van der Waals surface area contributed by atoms with Crippen LogP contribution in [0.3, 0.4) is 0 Å². The average molecular weight is 451 g/mol. The molecule has 0 spiro atoms. The van der Waals surface area contributed by atoms with Crippen molar-refractivity contribution in [2.24, 2.45) is 7.05 Å². The number of nitrogens with one attached hydrogen (secondary N) is 1. The maximum Gasteiger partial charge on any atom is 0.416 e. The van der Waals surface area contributed by atoms with Crippen molar-refractivity contribution >= 4 is 22.5 Å². The van der Waals surface area contributed by atoms with Gasteiger partial charge in [0.2, 0.25) is 0 Å². The van der Waals surface area contributed by atoms with Crippen LogP contribution < -0.4 is 10.9 Å². The van der Waals surface area contributed by atoms with E-state index in [1.165, 1.54) is 12.1 Å². The molecule has 0 aliphatic heterocycles. The fourth-order valence-corrected chi connectivity index (χ4v) is 3.69. The molecular weight excluding hydrogens is 431 g/mol. The average Bonchev–Trinajstić information content (AvgIpc) is 2.77. The number of pyridine rings is 2. The lowest BCUT2D eigenvalue weighted by Crippen LogP contribution is -2.19. The van der Waals surface area contributed by atoms with E-state index in [0.29, 0.717) is 16.8 Å². The van der Waals surface area contributed by atoms with E-state index < -0.39 is 17.6 Å². The number of rotatable bonds is 3. The van der Waals surface area contributed by atoms with E-state index >= 15 is 0 Å². The number of halogens is 3. The van der Waals surface area contributed by atoms with E-state index in [0.717, 1.165) is 34.3 Å². The molecule has 0 saturated carbocycles. The van der Waals surface area contributed by atoms with E-state index in [1.54, 1.807) is 42.1 Å². The van der Waals surface area contributed by atoms with Crippen LogP contribution in [0.2, 0.25) is 0 Å². The van der Waals surface area contributed by atoms with Gasteiger partial charge in [0, 0.05) is 41.1 Å². The molecule has 2 aromatic carbocycles. The highest BCUT2D eigenvalue weighted by molar-refractivity contribution is 6.04. The minimum absolute atomic E-state index is 0.116. The van der Waals surface area contributed by atoms with Crippen molar-refractivity contribution in [3.8, 4) is 11.1 Å². The van der Waals surface area contributed by atoms with Crippen molar-refractivity contribution in [2.45, 2.75) is 20.0 Å². The van der Waals surface area contributed by atoms with Gasteiger partial charge in [-0.15, -0.1) is 0 Å². The summed E-state index contributed by atoms with van der Waals surface area (Å²) < 4.78 is 40.5. The highest BCUT2D eigenvalue weighted by Gasteiger charge is 2.30. The molecule has 4 aromatic rings. The molecule has 8 heteroatoms. The van der Waals surface area contributed by atoms with Gasteiger partial charge in [-0.1, -0.05) is 12.1 Å². The summed E-state index contributed by atoms with van der Waals surface area (Å²) in [7, 11) is 1.68. The Morgan fingerprint density at radius 1 is 1.00 bits per heavy atom. The SMILES string of the molecule is Cc1cc2c(cn1)cc(-c1cc(NC(=O)c3cccc(C(F)(F)F)c3)ccc1C)c(=O)n2C. The zero-order valence-corrected chi connectivity index (χ0v) is 18.1. The normalized spacial score (nSPS) is 11.6. The summed E-state index contributed by atoms with van der Waals surface area (Å²) in [5, 5.41) is 3.41. The van der Waals surface area contributed by atoms with Gasteiger partial charge >= 0.3 is 6.18 Å². The third-order valence-corrected chi connectivity index (χ3v) is 5.48. The van der Waals surface area contributed by atoms with Gasteiger partial charge in [0.05, 0.1) is 11.1 Å². The number of amides is 1. The molecule has 1 amide bonds. The van der Waals surface area contributed by atoms with Crippen LogP contribution >= 0.6 is 0 Å². The predicted octanol–water partition coefficient (Wildman–Crippen LogP) is 5.49. The molecule has 33 heavy (non-hydrogen) atoms. The first-order chi connectivity index (χ1) is 15.5. The highest BCUT2D eigenvalue weighted by atomic mass is 19.4. The molecule has 0 unspecified atom stereocenters. The predicted molar refractivity (Wildman–Crippen MR) is 121 cm³/mol. The molecule has 0 aliphatic rings. The molecule has 0 fully saturated rings. The second-order valence-corrected chi connectivity index (χ2v) is 7.87. The minimum Gasteiger partial charge on any atom is -0.322 e. The Morgan fingerprint density at radius 3 is 2.48 bits per heavy atom. The van der Waals surface area contributed by atoms with Crippen molar-refractivity contribution in [3.05, 3.63) is 93.5 Å². The Labute approximate surface area is 187 Å². The molecule has 168 valence electrons. The first-order valence-corrected chi connectivity index (χ1v) is 10.1. The number of hydrogen-bond acceptors (Lipinski definition) is 3. The van der Waals surface area contributed by atoms with Crippen molar-refractivity contribution in [1.82, 2.24) is 9.55 Å². The van der Waals surface area contributed by atoms with Crippen LogP contribution in [0.1, 0.15) is 27.2 Å². The number of benzene rings is 2. The Bertz CT molecular complexity index is 1460. The molecule has 5 nitrogen and oxygen atoms in total. The zero-order valence-electron chi connectivity index (χ0n) is 18.1. The number of hydrogen-bond donors (Lipinski definition) is 1. The van der Waals surface area contributed by atoms with Crippen molar-refractivity contribution < 1.29 is 18.0 Å². The van der Waals surface area contributed by atoms with Crippen LogP contribution in [0, 0.1) is 13.8 Å². The summed E-state index contributed by atoms with van der Waals surface area (Å²) in [6.07, 6.45) is -2.85. The third kappa shape index (κ3) is 4.37. The van der Waals surface area contributed by atoms with Crippen LogP contribution in [0.15, 0.2) is 65.6 Å². The van der Waals surface area contributed by atoms with Crippen LogP contribution in [0.5, 0.6) is 0 Å². The first-order valence-electron chi connectivity index (χ1n) is 10.1. The monoisotopic (exact) mass is 451 g/mol. The smallest absolute Gasteiger partial charge is 0.322 e.